The lowest BCUT2D eigenvalue weighted by Gasteiger charge is -2.41. The lowest BCUT2D eigenvalue weighted by Crippen LogP contribution is -2.49. The van der Waals surface area contributed by atoms with Gasteiger partial charge in [-0.1, -0.05) is 26.2 Å². The summed E-state index contributed by atoms with van der Waals surface area (Å²) in [6, 6.07) is 0. The third kappa shape index (κ3) is 1.41. The second kappa shape index (κ2) is 2.99. The molecule has 0 aromatic rings. The molecule has 1 spiro atoms. The highest BCUT2D eigenvalue weighted by Gasteiger charge is 2.58. The largest absolute Gasteiger partial charge is 0.350 e. The van der Waals surface area contributed by atoms with Gasteiger partial charge in [-0.3, -0.25) is 4.79 Å². The van der Waals surface area contributed by atoms with E-state index in [0.717, 1.165) is 6.42 Å². The molecule has 1 amide bonds. The molecule has 3 aliphatic rings. The molecule has 1 atom stereocenters. The molecule has 2 saturated carbocycles. The highest BCUT2D eigenvalue weighted by Crippen LogP contribution is 2.60. The SMILES string of the molecule is CC1(C2CC(=O)NC23CCCCC3)CC1. The van der Waals surface area contributed by atoms with Crippen LogP contribution in [0.2, 0.25) is 0 Å². The van der Waals surface area contributed by atoms with Gasteiger partial charge in [0.1, 0.15) is 0 Å². The lowest BCUT2D eigenvalue weighted by molar-refractivity contribution is -0.120. The Morgan fingerprint density at radius 2 is 1.80 bits per heavy atom. The second-order valence-corrected chi connectivity index (χ2v) is 6.18. The highest BCUT2D eigenvalue weighted by atomic mass is 16.2. The van der Waals surface area contributed by atoms with Gasteiger partial charge in [-0.05, 0) is 37.0 Å². The molecular formula is C13H21NO. The zero-order valence-corrected chi connectivity index (χ0v) is 9.64. The van der Waals surface area contributed by atoms with Crippen LogP contribution >= 0.6 is 0 Å². The summed E-state index contributed by atoms with van der Waals surface area (Å²) >= 11 is 0. The Bertz CT molecular complexity index is 287. The zero-order chi connectivity index (χ0) is 10.5. The van der Waals surface area contributed by atoms with E-state index in [1.54, 1.807) is 0 Å². The highest BCUT2D eigenvalue weighted by molar-refractivity contribution is 5.80. The maximum atomic E-state index is 11.7. The Kier molecular flexibility index (Phi) is 1.93. The number of nitrogens with one attached hydrogen (secondary N) is 1. The van der Waals surface area contributed by atoms with Gasteiger partial charge in [0, 0.05) is 12.0 Å². The Morgan fingerprint density at radius 1 is 1.13 bits per heavy atom. The summed E-state index contributed by atoms with van der Waals surface area (Å²) in [6.45, 7) is 2.38. The monoisotopic (exact) mass is 207 g/mol. The van der Waals surface area contributed by atoms with Crippen molar-refractivity contribution in [2.24, 2.45) is 11.3 Å². The molecule has 1 aliphatic heterocycles. The van der Waals surface area contributed by atoms with Crippen LogP contribution in [-0.2, 0) is 4.79 Å². The van der Waals surface area contributed by atoms with Crippen LogP contribution in [-0.4, -0.2) is 11.4 Å². The Morgan fingerprint density at radius 3 is 2.40 bits per heavy atom. The molecule has 2 nitrogen and oxygen atoms in total. The quantitative estimate of drug-likeness (QED) is 0.703. The average molecular weight is 207 g/mol. The summed E-state index contributed by atoms with van der Waals surface area (Å²) < 4.78 is 0. The van der Waals surface area contributed by atoms with Crippen LogP contribution in [0.4, 0.5) is 0 Å². The fraction of sp³-hybridized carbons (Fsp3) is 0.923. The van der Waals surface area contributed by atoms with Crippen molar-refractivity contribution >= 4 is 5.91 Å². The van der Waals surface area contributed by atoms with E-state index in [0.29, 0.717) is 17.2 Å². The van der Waals surface area contributed by atoms with Crippen LogP contribution in [0.25, 0.3) is 0 Å². The number of carbonyl (C=O) groups excluding carboxylic acids is 1. The maximum absolute atomic E-state index is 11.7. The summed E-state index contributed by atoms with van der Waals surface area (Å²) in [4.78, 5) is 11.7. The first-order valence-corrected chi connectivity index (χ1v) is 6.46. The summed E-state index contributed by atoms with van der Waals surface area (Å²) in [5, 5.41) is 3.33. The standard InChI is InChI=1S/C13H21NO/c1-12(7-8-12)10-9-11(15)14-13(10)5-3-2-4-6-13/h10H,2-9H2,1H3,(H,14,15). The fourth-order valence-electron chi connectivity index (χ4n) is 3.91. The van der Waals surface area contributed by atoms with Gasteiger partial charge in [0.05, 0.1) is 0 Å². The van der Waals surface area contributed by atoms with Gasteiger partial charge in [0.15, 0.2) is 0 Å². The molecule has 2 aliphatic carbocycles. The van der Waals surface area contributed by atoms with Crippen molar-refractivity contribution in [2.45, 2.75) is 63.8 Å². The predicted molar refractivity (Wildman–Crippen MR) is 59.4 cm³/mol. The molecule has 1 heterocycles. The van der Waals surface area contributed by atoms with E-state index in [-0.39, 0.29) is 5.54 Å². The number of rotatable bonds is 1. The van der Waals surface area contributed by atoms with Crippen LogP contribution in [0.5, 0.6) is 0 Å². The molecule has 84 valence electrons. The number of carbonyl (C=O) groups is 1. The Hall–Kier alpha value is -0.530. The van der Waals surface area contributed by atoms with Gasteiger partial charge >= 0.3 is 0 Å². The van der Waals surface area contributed by atoms with Gasteiger partial charge in [-0.15, -0.1) is 0 Å². The van der Waals surface area contributed by atoms with Crippen LogP contribution < -0.4 is 5.32 Å². The van der Waals surface area contributed by atoms with Gasteiger partial charge in [0.25, 0.3) is 0 Å². The van der Waals surface area contributed by atoms with Crippen molar-refractivity contribution in [1.82, 2.24) is 5.32 Å². The molecule has 3 fully saturated rings. The van der Waals surface area contributed by atoms with Gasteiger partial charge in [0.2, 0.25) is 5.91 Å². The summed E-state index contributed by atoms with van der Waals surface area (Å²) in [5.74, 6) is 0.952. The normalized spacial score (nSPS) is 36.6. The summed E-state index contributed by atoms with van der Waals surface area (Å²) in [6.07, 6.45) is 9.94. The van der Waals surface area contributed by atoms with Gasteiger partial charge in [-0.2, -0.15) is 0 Å². The van der Waals surface area contributed by atoms with Crippen molar-refractivity contribution < 1.29 is 4.79 Å². The third-order valence-corrected chi connectivity index (χ3v) is 5.07. The zero-order valence-electron chi connectivity index (χ0n) is 9.64. The lowest BCUT2D eigenvalue weighted by atomic mass is 9.68. The van der Waals surface area contributed by atoms with Crippen LogP contribution in [0.15, 0.2) is 0 Å². The molecule has 0 radical (unpaired) electrons. The van der Waals surface area contributed by atoms with Crippen LogP contribution in [0.1, 0.15) is 58.3 Å². The first-order valence-electron chi connectivity index (χ1n) is 6.46. The van der Waals surface area contributed by atoms with Crippen molar-refractivity contribution in [3.05, 3.63) is 0 Å². The molecule has 3 rings (SSSR count). The smallest absolute Gasteiger partial charge is 0.220 e. The first kappa shape index (κ1) is 9.68. The van der Waals surface area contributed by atoms with E-state index in [1.165, 1.54) is 44.9 Å². The Labute approximate surface area is 91.8 Å². The maximum Gasteiger partial charge on any atom is 0.220 e. The fourth-order valence-corrected chi connectivity index (χ4v) is 3.91. The molecule has 1 unspecified atom stereocenters. The van der Waals surface area contributed by atoms with E-state index in [9.17, 15) is 4.79 Å². The van der Waals surface area contributed by atoms with Gasteiger partial charge < -0.3 is 5.32 Å². The number of hydrogen-bond acceptors (Lipinski definition) is 1. The molecule has 0 aromatic heterocycles. The average Bonchev–Trinajstić information content (AvgIpc) is 2.87. The first-order chi connectivity index (χ1) is 7.15. The van der Waals surface area contributed by atoms with Gasteiger partial charge in [-0.25, -0.2) is 0 Å². The summed E-state index contributed by atoms with van der Waals surface area (Å²) in [5.41, 5.74) is 0.705. The summed E-state index contributed by atoms with van der Waals surface area (Å²) in [7, 11) is 0. The molecular weight excluding hydrogens is 186 g/mol. The van der Waals surface area contributed by atoms with Crippen molar-refractivity contribution in [1.29, 1.82) is 0 Å². The molecule has 0 bridgehead atoms. The molecule has 0 aromatic carbocycles. The Balaban J connectivity index is 1.87. The second-order valence-electron chi connectivity index (χ2n) is 6.18. The topological polar surface area (TPSA) is 29.1 Å². The molecule has 2 heteroatoms. The predicted octanol–water partition coefficient (Wildman–Crippen LogP) is 2.63. The van der Waals surface area contributed by atoms with E-state index < -0.39 is 0 Å². The molecule has 15 heavy (non-hydrogen) atoms. The van der Waals surface area contributed by atoms with Crippen LogP contribution in [0, 0.1) is 11.3 Å². The van der Waals surface area contributed by atoms with E-state index in [4.69, 9.17) is 0 Å². The molecule has 1 saturated heterocycles. The van der Waals surface area contributed by atoms with Crippen molar-refractivity contribution in [3.63, 3.8) is 0 Å². The van der Waals surface area contributed by atoms with E-state index in [1.807, 2.05) is 0 Å². The number of amides is 1. The van der Waals surface area contributed by atoms with Crippen molar-refractivity contribution in [2.75, 3.05) is 0 Å². The van der Waals surface area contributed by atoms with Crippen LogP contribution in [0.3, 0.4) is 0 Å². The number of hydrogen-bond donors (Lipinski definition) is 1. The third-order valence-electron chi connectivity index (χ3n) is 5.07. The molecule has 1 N–H and O–H groups in total. The van der Waals surface area contributed by atoms with E-state index in [2.05, 4.69) is 12.2 Å². The minimum absolute atomic E-state index is 0.209. The minimum Gasteiger partial charge on any atom is -0.350 e. The van der Waals surface area contributed by atoms with E-state index >= 15 is 0 Å². The van der Waals surface area contributed by atoms with Crippen molar-refractivity contribution in [3.8, 4) is 0 Å². The minimum atomic E-state index is 0.209.